The van der Waals surface area contributed by atoms with Gasteiger partial charge in [-0.3, -0.25) is 4.90 Å². The van der Waals surface area contributed by atoms with Crippen molar-refractivity contribution in [2.45, 2.75) is 44.7 Å². The van der Waals surface area contributed by atoms with Gasteiger partial charge in [-0.2, -0.15) is 0 Å². The molecule has 2 aromatic rings. The van der Waals surface area contributed by atoms with E-state index in [4.69, 9.17) is 5.73 Å². The number of phenols is 1. The van der Waals surface area contributed by atoms with Crippen LogP contribution in [0.5, 0.6) is 5.75 Å². The summed E-state index contributed by atoms with van der Waals surface area (Å²) in [6.45, 7) is 6.64. The molecule has 0 amide bonds. The number of phenolic OH excluding ortho intramolecular Hbond substituents is 1. The fraction of sp³-hybridized carbons (Fsp3) is 0.455. The van der Waals surface area contributed by atoms with E-state index < -0.39 is 0 Å². The highest BCUT2D eigenvalue weighted by Crippen LogP contribution is 2.37. The van der Waals surface area contributed by atoms with Gasteiger partial charge < -0.3 is 10.8 Å². The summed E-state index contributed by atoms with van der Waals surface area (Å²) >= 11 is 0. The summed E-state index contributed by atoms with van der Waals surface area (Å²) < 4.78 is 0. The molecule has 25 heavy (non-hydrogen) atoms. The van der Waals surface area contributed by atoms with Gasteiger partial charge in [-0.15, -0.1) is 0 Å². The second-order valence-electron chi connectivity index (χ2n) is 7.53. The third kappa shape index (κ3) is 4.42. The van der Waals surface area contributed by atoms with Crippen LogP contribution in [0.4, 0.5) is 0 Å². The molecule has 0 spiro atoms. The van der Waals surface area contributed by atoms with Gasteiger partial charge >= 0.3 is 0 Å². The van der Waals surface area contributed by atoms with Crippen molar-refractivity contribution in [1.82, 2.24) is 4.90 Å². The monoisotopic (exact) mass is 338 g/mol. The molecule has 3 rings (SSSR count). The maximum atomic E-state index is 9.78. The van der Waals surface area contributed by atoms with Crippen LogP contribution >= 0.6 is 0 Å². The van der Waals surface area contributed by atoms with E-state index in [1.165, 1.54) is 11.1 Å². The van der Waals surface area contributed by atoms with Gasteiger partial charge in [0.2, 0.25) is 0 Å². The van der Waals surface area contributed by atoms with Gasteiger partial charge in [-0.25, -0.2) is 0 Å². The van der Waals surface area contributed by atoms with Gasteiger partial charge in [-0.1, -0.05) is 49.4 Å². The lowest BCUT2D eigenvalue weighted by Gasteiger charge is -2.44. The Bertz CT molecular complexity index is 673. The van der Waals surface area contributed by atoms with E-state index in [1.54, 1.807) is 6.07 Å². The maximum Gasteiger partial charge on any atom is 0.115 e. The Labute approximate surface area is 151 Å². The second kappa shape index (κ2) is 8.03. The van der Waals surface area contributed by atoms with Crippen LogP contribution in [0.1, 0.15) is 37.3 Å². The number of hydrogen-bond donors (Lipinski definition) is 2. The van der Waals surface area contributed by atoms with E-state index in [0.29, 0.717) is 23.6 Å². The minimum Gasteiger partial charge on any atom is -0.508 e. The molecule has 0 aromatic heterocycles. The van der Waals surface area contributed by atoms with Crippen molar-refractivity contribution in [3.8, 4) is 5.75 Å². The van der Waals surface area contributed by atoms with Crippen LogP contribution in [0.25, 0.3) is 0 Å². The van der Waals surface area contributed by atoms with E-state index in [9.17, 15) is 5.11 Å². The number of nitrogens with two attached hydrogens (primary N) is 1. The third-order valence-electron chi connectivity index (χ3n) is 5.81. The highest BCUT2D eigenvalue weighted by Gasteiger charge is 2.33. The Kier molecular flexibility index (Phi) is 5.77. The Hall–Kier alpha value is -1.84. The number of piperidine rings is 1. The first-order chi connectivity index (χ1) is 12.0. The summed E-state index contributed by atoms with van der Waals surface area (Å²) in [5.74, 6) is 1.41. The van der Waals surface area contributed by atoms with Crippen molar-refractivity contribution in [2.75, 3.05) is 13.1 Å². The Morgan fingerprint density at radius 3 is 2.60 bits per heavy atom. The normalized spacial score (nSPS) is 25.6. The molecule has 0 radical (unpaired) electrons. The van der Waals surface area contributed by atoms with Gasteiger partial charge in [-0.05, 0) is 61.4 Å². The molecular formula is C22H30N2O. The minimum absolute atomic E-state index is 0.161. The molecule has 1 heterocycles. The first-order valence-electron chi connectivity index (χ1n) is 9.37. The molecule has 0 aliphatic carbocycles. The molecule has 1 saturated heterocycles. The summed E-state index contributed by atoms with van der Waals surface area (Å²) in [5, 5.41) is 9.78. The van der Waals surface area contributed by atoms with Crippen molar-refractivity contribution in [2.24, 2.45) is 11.7 Å². The van der Waals surface area contributed by atoms with Crippen LogP contribution in [0.3, 0.4) is 0 Å². The SMILES string of the molecule is CC1[C@H](C)[C@H](c2cccc(O)c2)CCN1C[C@@H](N)Cc1ccccc1. The van der Waals surface area contributed by atoms with Gasteiger partial charge in [0.05, 0.1) is 0 Å². The minimum atomic E-state index is 0.161. The fourth-order valence-electron chi connectivity index (χ4n) is 4.21. The maximum absolute atomic E-state index is 9.78. The lowest BCUT2D eigenvalue weighted by Crippen LogP contribution is -2.50. The lowest BCUT2D eigenvalue weighted by molar-refractivity contribution is 0.0900. The number of nitrogens with zero attached hydrogens (tertiary/aromatic N) is 1. The first-order valence-corrected chi connectivity index (χ1v) is 9.37. The van der Waals surface area contributed by atoms with E-state index in [2.05, 4.69) is 49.1 Å². The molecular weight excluding hydrogens is 308 g/mol. The Morgan fingerprint density at radius 1 is 1.12 bits per heavy atom. The van der Waals surface area contributed by atoms with Crippen molar-refractivity contribution in [1.29, 1.82) is 0 Å². The zero-order valence-corrected chi connectivity index (χ0v) is 15.3. The van der Waals surface area contributed by atoms with Crippen LogP contribution in [0.2, 0.25) is 0 Å². The van der Waals surface area contributed by atoms with E-state index in [-0.39, 0.29) is 6.04 Å². The smallest absolute Gasteiger partial charge is 0.115 e. The van der Waals surface area contributed by atoms with Crippen LogP contribution in [-0.4, -0.2) is 35.2 Å². The highest BCUT2D eigenvalue weighted by atomic mass is 16.3. The Morgan fingerprint density at radius 2 is 1.88 bits per heavy atom. The van der Waals surface area contributed by atoms with E-state index >= 15 is 0 Å². The molecule has 1 unspecified atom stereocenters. The number of likely N-dealkylation sites (tertiary alicyclic amines) is 1. The van der Waals surface area contributed by atoms with Crippen LogP contribution < -0.4 is 5.73 Å². The summed E-state index contributed by atoms with van der Waals surface area (Å²) in [6.07, 6.45) is 2.04. The molecule has 1 fully saturated rings. The number of benzene rings is 2. The molecule has 4 atom stereocenters. The molecule has 0 saturated carbocycles. The van der Waals surface area contributed by atoms with Gasteiger partial charge in [0.15, 0.2) is 0 Å². The zero-order valence-electron chi connectivity index (χ0n) is 15.3. The predicted octanol–water partition coefficient (Wildman–Crippen LogP) is 3.78. The number of hydrogen-bond acceptors (Lipinski definition) is 3. The van der Waals surface area contributed by atoms with Crippen molar-refractivity contribution < 1.29 is 5.11 Å². The van der Waals surface area contributed by atoms with Crippen LogP contribution in [0.15, 0.2) is 54.6 Å². The largest absolute Gasteiger partial charge is 0.508 e. The summed E-state index contributed by atoms with van der Waals surface area (Å²) in [4.78, 5) is 2.54. The summed E-state index contributed by atoms with van der Waals surface area (Å²) in [5.41, 5.74) is 9.00. The number of rotatable bonds is 5. The average Bonchev–Trinajstić information content (AvgIpc) is 2.60. The van der Waals surface area contributed by atoms with Crippen LogP contribution in [-0.2, 0) is 6.42 Å². The summed E-state index contributed by atoms with van der Waals surface area (Å²) in [6, 6.07) is 18.9. The highest BCUT2D eigenvalue weighted by molar-refractivity contribution is 5.30. The van der Waals surface area contributed by atoms with Gasteiger partial charge in [0.1, 0.15) is 5.75 Å². The lowest BCUT2D eigenvalue weighted by atomic mass is 9.77. The zero-order chi connectivity index (χ0) is 17.8. The molecule has 1 aliphatic heterocycles. The Balaban J connectivity index is 1.60. The topological polar surface area (TPSA) is 49.5 Å². The quantitative estimate of drug-likeness (QED) is 0.872. The van der Waals surface area contributed by atoms with E-state index in [1.807, 2.05) is 18.2 Å². The third-order valence-corrected chi connectivity index (χ3v) is 5.81. The standard InChI is InChI=1S/C22H30N2O/c1-16-17(2)24(15-20(23)13-18-7-4-3-5-8-18)12-11-22(16)19-9-6-10-21(25)14-19/h3-10,14,16-17,20,22,25H,11-13,15,23H2,1-2H3/t16-,17?,20-,22+/m0/s1. The van der Waals surface area contributed by atoms with Crippen molar-refractivity contribution in [3.05, 3.63) is 65.7 Å². The number of aromatic hydroxyl groups is 1. The van der Waals surface area contributed by atoms with Crippen molar-refractivity contribution in [3.63, 3.8) is 0 Å². The molecule has 0 bridgehead atoms. The van der Waals surface area contributed by atoms with E-state index in [0.717, 1.165) is 25.9 Å². The molecule has 2 aromatic carbocycles. The van der Waals surface area contributed by atoms with Crippen molar-refractivity contribution >= 4 is 0 Å². The average molecular weight is 338 g/mol. The molecule has 3 heteroatoms. The van der Waals surface area contributed by atoms with Gasteiger partial charge in [0.25, 0.3) is 0 Å². The fourth-order valence-corrected chi connectivity index (χ4v) is 4.21. The second-order valence-corrected chi connectivity index (χ2v) is 7.53. The molecule has 3 N–H and O–H groups in total. The molecule has 134 valence electrons. The molecule has 1 aliphatic rings. The predicted molar refractivity (Wildman–Crippen MR) is 104 cm³/mol. The molecule has 3 nitrogen and oxygen atoms in total. The summed E-state index contributed by atoms with van der Waals surface area (Å²) in [7, 11) is 0. The van der Waals surface area contributed by atoms with Gasteiger partial charge in [0, 0.05) is 18.6 Å². The van der Waals surface area contributed by atoms with Crippen LogP contribution in [0, 0.1) is 5.92 Å². The first kappa shape index (κ1) is 18.0.